The summed E-state index contributed by atoms with van der Waals surface area (Å²) in [5.41, 5.74) is -0.359. The molecule has 3 heteroatoms. The molecule has 1 aromatic rings. The molecule has 0 saturated heterocycles. The summed E-state index contributed by atoms with van der Waals surface area (Å²) in [6.45, 7) is 7.82. The van der Waals surface area contributed by atoms with Crippen molar-refractivity contribution in [1.82, 2.24) is 0 Å². The van der Waals surface area contributed by atoms with Gasteiger partial charge in [0.15, 0.2) is 11.5 Å². The van der Waals surface area contributed by atoms with Crippen LogP contribution in [0.25, 0.3) is 0 Å². The first-order chi connectivity index (χ1) is 7.74. The topological polar surface area (TPSA) is 38.7 Å². The molecule has 1 N–H and O–H groups in total. The number of hydrogen-bond acceptors (Lipinski definition) is 3. The molecule has 0 heterocycles. The van der Waals surface area contributed by atoms with Gasteiger partial charge in [-0.25, -0.2) is 0 Å². The standard InChI is InChI=1S/C14H22O3/c1-13(2,3)14(4,15)10-7-8-11(16-5)12(9-10)17-6/h7-9,15H,1-6H3. The molecule has 1 atom stereocenters. The lowest BCUT2D eigenvalue weighted by Crippen LogP contribution is -2.36. The van der Waals surface area contributed by atoms with Gasteiger partial charge in [-0.05, 0) is 30.0 Å². The van der Waals surface area contributed by atoms with E-state index in [9.17, 15) is 5.11 Å². The summed E-state index contributed by atoms with van der Waals surface area (Å²) in [6, 6.07) is 5.51. The van der Waals surface area contributed by atoms with Crippen LogP contribution in [0.15, 0.2) is 18.2 Å². The number of aliphatic hydroxyl groups is 1. The van der Waals surface area contributed by atoms with Crippen LogP contribution in [-0.4, -0.2) is 19.3 Å². The van der Waals surface area contributed by atoms with Crippen molar-refractivity contribution < 1.29 is 14.6 Å². The Morgan fingerprint density at radius 3 is 1.88 bits per heavy atom. The van der Waals surface area contributed by atoms with Crippen LogP contribution in [0.3, 0.4) is 0 Å². The van der Waals surface area contributed by atoms with E-state index in [1.807, 2.05) is 45.9 Å². The summed E-state index contributed by atoms with van der Waals surface area (Å²) in [6.07, 6.45) is 0. The van der Waals surface area contributed by atoms with E-state index in [1.165, 1.54) is 0 Å². The van der Waals surface area contributed by atoms with Crippen LogP contribution in [0.1, 0.15) is 33.3 Å². The van der Waals surface area contributed by atoms with Gasteiger partial charge in [0.05, 0.1) is 19.8 Å². The Balaban J connectivity index is 3.25. The maximum Gasteiger partial charge on any atom is 0.161 e. The predicted molar refractivity (Wildman–Crippen MR) is 68.6 cm³/mol. The average molecular weight is 238 g/mol. The zero-order valence-electron chi connectivity index (χ0n) is 11.5. The molecule has 0 bridgehead atoms. The minimum atomic E-state index is -0.924. The SMILES string of the molecule is COc1ccc(C(C)(O)C(C)(C)C)cc1OC. The average Bonchev–Trinajstić information content (AvgIpc) is 2.26. The van der Waals surface area contributed by atoms with Crippen molar-refractivity contribution in [2.75, 3.05) is 14.2 Å². The lowest BCUT2D eigenvalue weighted by Gasteiger charge is -2.37. The fourth-order valence-electron chi connectivity index (χ4n) is 1.57. The third kappa shape index (κ3) is 2.55. The summed E-state index contributed by atoms with van der Waals surface area (Å²) in [4.78, 5) is 0. The van der Waals surface area contributed by atoms with Crippen LogP contribution < -0.4 is 9.47 Å². The summed E-state index contributed by atoms with van der Waals surface area (Å²) < 4.78 is 10.4. The third-order valence-electron chi connectivity index (χ3n) is 3.41. The lowest BCUT2D eigenvalue weighted by molar-refractivity contribution is -0.0471. The van der Waals surface area contributed by atoms with Crippen molar-refractivity contribution in [3.63, 3.8) is 0 Å². The Labute approximate surface area is 103 Å². The molecule has 0 amide bonds. The van der Waals surface area contributed by atoms with Gasteiger partial charge in [0.25, 0.3) is 0 Å². The summed E-state index contributed by atoms with van der Waals surface area (Å²) in [5.74, 6) is 1.30. The van der Waals surface area contributed by atoms with Crippen molar-refractivity contribution in [3.8, 4) is 11.5 Å². The molecule has 17 heavy (non-hydrogen) atoms. The van der Waals surface area contributed by atoms with E-state index < -0.39 is 5.60 Å². The predicted octanol–water partition coefficient (Wildman–Crippen LogP) is 2.96. The Morgan fingerprint density at radius 1 is 0.941 bits per heavy atom. The quantitative estimate of drug-likeness (QED) is 0.880. The fourth-order valence-corrected chi connectivity index (χ4v) is 1.57. The molecule has 0 saturated carbocycles. The number of methoxy groups -OCH3 is 2. The Hall–Kier alpha value is -1.22. The first kappa shape index (κ1) is 13.8. The molecule has 0 aliphatic rings. The molecule has 0 aliphatic carbocycles. The van der Waals surface area contributed by atoms with Gasteiger partial charge in [0.2, 0.25) is 0 Å². The minimum Gasteiger partial charge on any atom is -0.493 e. The fraction of sp³-hybridized carbons (Fsp3) is 0.571. The van der Waals surface area contributed by atoms with E-state index in [-0.39, 0.29) is 5.41 Å². The minimum absolute atomic E-state index is 0.257. The number of hydrogen-bond donors (Lipinski definition) is 1. The van der Waals surface area contributed by atoms with E-state index in [4.69, 9.17) is 9.47 Å². The number of ether oxygens (including phenoxy) is 2. The van der Waals surface area contributed by atoms with Crippen LogP contribution in [0.4, 0.5) is 0 Å². The first-order valence-electron chi connectivity index (χ1n) is 5.69. The first-order valence-corrected chi connectivity index (χ1v) is 5.69. The van der Waals surface area contributed by atoms with E-state index in [1.54, 1.807) is 14.2 Å². The van der Waals surface area contributed by atoms with Gasteiger partial charge in [-0.15, -0.1) is 0 Å². The maximum atomic E-state index is 10.6. The largest absolute Gasteiger partial charge is 0.493 e. The van der Waals surface area contributed by atoms with Crippen LogP contribution >= 0.6 is 0 Å². The normalized spacial score (nSPS) is 15.2. The second-order valence-corrected chi connectivity index (χ2v) is 5.39. The summed E-state index contributed by atoms with van der Waals surface area (Å²) >= 11 is 0. The van der Waals surface area contributed by atoms with Gasteiger partial charge >= 0.3 is 0 Å². The van der Waals surface area contributed by atoms with E-state index in [2.05, 4.69) is 0 Å². The van der Waals surface area contributed by atoms with Gasteiger partial charge in [-0.1, -0.05) is 26.8 Å². The molecule has 0 radical (unpaired) electrons. The summed E-state index contributed by atoms with van der Waals surface area (Å²) in [5, 5.41) is 10.6. The Bertz CT molecular complexity index is 389. The molecule has 1 aromatic carbocycles. The van der Waals surface area contributed by atoms with Crippen LogP contribution in [0, 0.1) is 5.41 Å². The monoisotopic (exact) mass is 238 g/mol. The highest BCUT2D eigenvalue weighted by molar-refractivity contribution is 5.44. The highest BCUT2D eigenvalue weighted by Crippen LogP contribution is 2.41. The smallest absolute Gasteiger partial charge is 0.161 e. The molecule has 3 nitrogen and oxygen atoms in total. The molecule has 0 spiro atoms. The molecule has 0 aromatic heterocycles. The van der Waals surface area contributed by atoms with E-state index >= 15 is 0 Å². The Kier molecular flexibility index (Phi) is 3.72. The Morgan fingerprint density at radius 2 is 1.47 bits per heavy atom. The highest BCUT2D eigenvalue weighted by atomic mass is 16.5. The molecular formula is C14H22O3. The van der Waals surface area contributed by atoms with Crippen molar-refractivity contribution in [1.29, 1.82) is 0 Å². The van der Waals surface area contributed by atoms with E-state index in [0.29, 0.717) is 11.5 Å². The molecular weight excluding hydrogens is 216 g/mol. The summed E-state index contributed by atoms with van der Waals surface area (Å²) in [7, 11) is 3.19. The van der Waals surface area contributed by atoms with Crippen LogP contribution in [0.5, 0.6) is 11.5 Å². The maximum absolute atomic E-state index is 10.6. The number of benzene rings is 1. The van der Waals surface area contributed by atoms with Gasteiger partial charge < -0.3 is 14.6 Å². The van der Waals surface area contributed by atoms with Crippen LogP contribution in [-0.2, 0) is 5.60 Å². The van der Waals surface area contributed by atoms with Gasteiger partial charge in [-0.3, -0.25) is 0 Å². The second-order valence-electron chi connectivity index (χ2n) is 5.39. The zero-order valence-corrected chi connectivity index (χ0v) is 11.5. The lowest BCUT2D eigenvalue weighted by atomic mass is 9.73. The number of rotatable bonds is 3. The van der Waals surface area contributed by atoms with Crippen molar-refractivity contribution in [2.24, 2.45) is 5.41 Å². The highest BCUT2D eigenvalue weighted by Gasteiger charge is 2.37. The zero-order chi connectivity index (χ0) is 13.3. The van der Waals surface area contributed by atoms with E-state index in [0.717, 1.165) is 5.56 Å². The molecule has 1 rings (SSSR count). The molecule has 0 aliphatic heterocycles. The van der Waals surface area contributed by atoms with Crippen molar-refractivity contribution in [2.45, 2.75) is 33.3 Å². The van der Waals surface area contributed by atoms with Gasteiger partial charge in [0, 0.05) is 0 Å². The van der Waals surface area contributed by atoms with Gasteiger partial charge in [0.1, 0.15) is 0 Å². The molecule has 96 valence electrons. The van der Waals surface area contributed by atoms with Crippen molar-refractivity contribution >= 4 is 0 Å². The van der Waals surface area contributed by atoms with Crippen LogP contribution in [0.2, 0.25) is 0 Å². The van der Waals surface area contributed by atoms with Gasteiger partial charge in [-0.2, -0.15) is 0 Å². The van der Waals surface area contributed by atoms with Crippen molar-refractivity contribution in [3.05, 3.63) is 23.8 Å². The second kappa shape index (κ2) is 4.57. The molecule has 0 fully saturated rings. The third-order valence-corrected chi connectivity index (χ3v) is 3.41. The molecule has 1 unspecified atom stereocenters.